The van der Waals surface area contributed by atoms with Crippen molar-refractivity contribution >= 4 is 23.4 Å². The molecule has 6 heteroatoms. The van der Waals surface area contributed by atoms with E-state index in [0.717, 1.165) is 29.7 Å². The van der Waals surface area contributed by atoms with Gasteiger partial charge in [0, 0.05) is 30.1 Å². The number of nitrogens with one attached hydrogen (secondary N) is 2. The molecule has 0 fully saturated rings. The Bertz CT molecular complexity index is 504. The fraction of sp³-hybridized carbons (Fsp3) is 0.562. The third-order valence-corrected chi connectivity index (χ3v) is 4.43. The number of aliphatic imine (C=N–C) groups is 1. The molecule has 0 spiro atoms. The third-order valence-electron chi connectivity index (χ3n) is 3.18. The zero-order chi connectivity index (χ0) is 16.6. The fourth-order valence-corrected chi connectivity index (χ4v) is 1.92. The molecular formula is C16H27N3O2S. The van der Waals surface area contributed by atoms with Crippen LogP contribution in [0, 0.1) is 0 Å². The number of rotatable bonds is 7. The summed E-state index contributed by atoms with van der Waals surface area (Å²) in [6, 6.07) is 5.73. The summed E-state index contributed by atoms with van der Waals surface area (Å²) in [5.41, 5.74) is 0.902. The quantitative estimate of drug-likeness (QED) is 0.595. The van der Waals surface area contributed by atoms with E-state index in [1.165, 1.54) is 0 Å². The zero-order valence-electron chi connectivity index (χ0n) is 14.3. The van der Waals surface area contributed by atoms with Gasteiger partial charge >= 0.3 is 0 Å². The van der Waals surface area contributed by atoms with E-state index >= 15 is 0 Å². The van der Waals surface area contributed by atoms with Crippen molar-refractivity contribution in [3.8, 4) is 11.5 Å². The number of methoxy groups -OCH3 is 1. The van der Waals surface area contributed by atoms with Crippen LogP contribution < -0.4 is 20.1 Å². The van der Waals surface area contributed by atoms with Crippen LogP contribution in [0.5, 0.6) is 11.5 Å². The number of benzene rings is 1. The minimum Gasteiger partial charge on any atom is -0.493 e. The molecule has 0 aliphatic heterocycles. The number of hydrogen-bond donors (Lipinski definition) is 2. The summed E-state index contributed by atoms with van der Waals surface area (Å²) in [4.78, 5) is 4.25. The fourth-order valence-electron chi connectivity index (χ4n) is 1.71. The second-order valence-corrected chi connectivity index (χ2v) is 6.83. The summed E-state index contributed by atoms with van der Waals surface area (Å²) in [6.07, 6.45) is 2.11. The normalized spacial score (nSPS) is 12.0. The standard InChI is InChI=1S/C16H27N3O2S/c1-7-21-14-10-12(8-9-13(14)20-5)19-15(17-4)18-11-16(2,3)22-6/h8-10H,7,11H2,1-6H3,(H2,17,18,19). The molecule has 0 aliphatic rings. The molecule has 0 saturated carbocycles. The van der Waals surface area contributed by atoms with Gasteiger partial charge in [0.2, 0.25) is 0 Å². The number of guanidine groups is 1. The van der Waals surface area contributed by atoms with Gasteiger partial charge in [-0.2, -0.15) is 11.8 Å². The van der Waals surface area contributed by atoms with Gasteiger partial charge in [-0.25, -0.2) is 0 Å². The van der Waals surface area contributed by atoms with Crippen molar-refractivity contribution in [2.75, 3.05) is 38.9 Å². The predicted octanol–water partition coefficient (Wildman–Crippen LogP) is 3.22. The van der Waals surface area contributed by atoms with Crippen molar-refractivity contribution in [3.63, 3.8) is 0 Å². The zero-order valence-corrected chi connectivity index (χ0v) is 15.1. The minimum absolute atomic E-state index is 0.147. The lowest BCUT2D eigenvalue weighted by molar-refractivity contribution is 0.311. The summed E-state index contributed by atoms with van der Waals surface area (Å²) in [7, 11) is 3.39. The highest BCUT2D eigenvalue weighted by molar-refractivity contribution is 7.99. The number of hydrogen-bond acceptors (Lipinski definition) is 4. The van der Waals surface area contributed by atoms with E-state index in [9.17, 15) is 0 Å². The first kappa shape index (κ1) is 18.5. The molecular weight excluding hydrogens is 298 g/mol. The van der Waals surface area contributed by atoms with Gasteiger partial charge in [0.15, 0.2) is 17.5 Å². The number of nitrogens with zero attached hydrogens (tertiary/aromatic N) is 1. The topological polar surface area (TPSA) is 54.9 Å². The molecule has 124 valence electrons. The van der Waals surface area contributed by atoms with Gasteiger partial charge in [-0.05, 0) is 39.2 Å². The van der Waals surface area contributed by atoms with Crippen LogP contribution in [0.25, 0.3) is 0 Å². The van der Waals surface area contributed by atoms with Crippen LogP contribution in [-0.2, 0) is 0 Å². The Balaban J connectivity index is 2.77. The maximum absolute atomic E-state index is 5.59. The lowest BCUT2D eigenvalue weighted by Crippen LogP contribution is -2.39. The van der Waals surface area contributed by atoms with E-state index in [4.69, 9.17) is 9.47 Å². The van der Waals surface area contributed by atoms with E-state index in [1.54, 1.807) is 14.2 Å². The van der Waals surface area contributed by atoms with Crippen LogP contribution in [0.1, 0.15) is 20.8 Å². The molecule has 1 rings (SSSR count). The molecule has 0 aliphatic carbocycles. The molecule has 1 aromatic rings. The molecule has 0 amide bonds. The predicted molar refractivity (Wildman–Crippen MR) is 96.7 cm³/mol. The lowest BCUT2D eigenvalue weighted by Gasteiger charge is -2.24. The molecule has 0 aromatic heterocycles. The van der Waals surface area contributed by atoms with Gasteiger partial charge in [0.1, 0.15) is 0 Å². The van der Waals surface area contributed by atoms with Gasteiger partial charge in [-0.3, -0.25) is 4.99 Å². The molecule has 1 aromatic carbocycles. The first-order valence-corrected chi connectivity index (χ1v) is 8.52. The van der Waals surface area contributed by atoms with Crippen LogP contribution in [0.2, 0.25) is 0 Å². The largest absolute Gasteiger partial charge is 0.493 e. The second kappa shape index (κ2) is 8.78. The van der Waals surface area contributed by atoms with Crippen molar-refractivity contribution in [1.82, 2.24) is 5.32 Å². The van der Waals surface area contributed by atoms with E-state index in [0.29, 0.717) is 6.61 Å². The number of thioether (sulfide) groups is 1. The molecule has 0 saturated heterocycles. The molecule has 0 heterocycles. The number of ether oxygens (including phenoxy) is 2. The first-order valence-electron chi connectivity index (χ1n) is 7.29. The average Bonchev–Trinajstić information content (AvgIpc) is 2.52. The second-order valence-electron chi connectivity index (χ2n) is 5.31. The van der Waals surface area contributed by atoms with Crippen molar-refractivity contribution in [2.45, 2.75) is 25.5 Å². The molecule has 0 radical (unpaired) electrons. The SMILES string of the molecule is CCOc1cc(NC(=NC)NCC(C)(C)SC)ccc1OC. The summed E-state index contributed by atoms with van der Waals surface area (Å²) in [5, 5.41) is 6.60. The highest BCUT2D eigenvalue weighted by atomic mass is 32.2. The van der Waals surface area contributed by atoms with Crippen molar-refractivity contribution in [3.05, 3.63) is 18.2 Å². The van der Waals surface area contributed by atoms with Crippen LogP contribution in [0.3, 0.4) is 0 Å². The molecule has 2 N–H and O–H groups in total. The van der Waals surface area contributed by atoms with Crippen molar-refractivity contribution in [1.29, 1.82) is 0 Å². The van der Waals surface area contributed by atoms with Gasteiger partial charge < -0.3 is 20.1 Å². The molecule has 0 bridgehead atoms. The third kappa shape index (κ3) is 5.67. The molecule has 0 atom stereocenters. The minimum atomic E-state index is 0.147. The van der Waals surface area contributed by atoms with E-state index in [1.807, 2.05) is 36.9 Å². The first-order chi connectivity index (χ1) is 10.5. The number of anilines is 1. The Labute approximate surface area is 137 Å². The summed E-state index contributed by atoms with van der Waals surface area (Å²) >= 11 is 1.82. The van der Waals surface area contributed by atoms with Crippen LogP contribution in [0.4, 0.5) is 5.69 Å². The van der Waals surface area contributed by atoms with E-state index in [2.05, 4.69) is 35.7 Å². The van der Waals surface area contributed by atoms with Gasteiger partial charge in [0.05, 0.1) is 13.7 Å². The Kier molecular flexibility index (Phi) is 7.38. The highest BCUT2D eigenvalue weighted by Gasteiger charge is 2.16. The molecule has 5 nitrogen and oxygen atoms in total. The maximum atomic E-state index is 5.59. The van der Waals surface area contributed by atoms with E-state index < -0.39 is 0 Å². The van der Waals surface area contributed by atoms with Crippen LogP contribution >= 0.6 is 11.8 Å². The average molecular weight is 325 g/mol. The smallest absolute Gasteiger partial charge is 0.195 e. The Morgan fingerprint density at radius 1 is 1.32 bits per heavy atom. The van der Waals surface area contributed by atoms with Crippen molar-refractivity contribution < 1.29 is 9.47 Å². The van der Waals surface area contributed by atoms with Crippen LogP contribution in [0.15, 0.2) is 23.2 Å². The Hall–Kier alpha value is -1.56. The van der Waals surface area contributed by atoms with Gasteiger partial charge in [0.25, 0.3) is 0 Å². The van der Waals surface area contributed by atoms with Crippen molar-refractivity contribution in [2.24, 2.45) is 4.99 Å². The summed E-state index contributed by atoms with van der Waals surface area (Å²) in [5.74, 6) is 2.17. The van der Waals surface area contributed by atoms with Gasteiger partial charge in [-0.15, -0.1) is 0 Å². The summed E-state index contributed by atoms with van der Waals surface area (Å²) in [6.45, 7) is 7.75. The molecule has 0 unspecified atom stereocenters. The molecule has 22 heavy (non-hydrogen) atoms. The van der Waals surface area contributed by atoms with E-state index in [-0.39, 0.29) is 4.75 Å². The Morgan fingerprint density at radius 3 is 2.59 bits per heavy atom. The Morgan fingerprint density at radius 2 is 2.05 bits per heavy atom. The maximum Gasteiger partial charge on any atom is 0.195 e. The highest BCUT2D eigenvalue weighted by Crippen LogP contribution is 2.30. The van der Waals surface area contributed by atoms with Gasteiger partial charge in [-0.1, -0.05) is 0 Å². The van der Waals surface area contributed by atoms with Crippen LogP contribution in [-0.4, -0.2) is 44.3 Å². The lowest BCUT2D eigenvalue weighted by atomic mass is 10.2. The monoisotopic (exact) mass is 325 g/mol. The summed E-state index contributed by atoms with van der Waals surface area (Å²) < 4.78 is 11.0.